The van der Waals surface area contributed by atoms with E-state index in [0.29, 0.717) is 0 Å². The number of nitrogens with one attached hydrogen (secondary N) is 2. The highest BCUT2D eigenvalue weighted by molar-refractivity contribution is 7.80. The Morgan fingerprint density at radius 1 is 1.44 bits per heavy atom. The summed E-state index contributed by atoms with van der Waals surface area (Å²) >= 11 is 4.87. The largest absolute Gasteiger partial charge is 0.433 e. The molecule has 0 aliphatic carbocycles. The van der Waals surface area contributed by atoms with Gasteiger partial charge in [0.15, 0.2) is 5.11 Å². The molecule has 0 heterocycles. The summed E-state index contributed by atoms with van der Waals surface area (Å²) < 4.78 is 28.6. The van der Waals surface area contributed by atoms with Gasteiger partial charge in [0.25, 0.3) is 0 Å². The number of carbonyl (C=O) groups is 1. The third-order valence-corrected chi connectivity index (χ3v) is 2.13. The number of hydrogen-bond acceptors (Lipinski definition) is 3. The molecule has 0 aromatic heterocycles. The molecule has 0 bridgehead atoms. The van der Waals surface area contributed by atoms with E-state index in [2.05, 4.69) is 15.4 Å². The van der Waals surface area contributed by atoms with Crippen LogP contribution in [0.15, 0.2) is 24.3 Å². The average Bonchev–Trinajstić information content (AvgIpc) is 2.30. The van der Waals surface area contributed by atoms with Crippen LogP contribution in [-0.4, -0.2) is 17.6 Å². The van der Waals surface area contributed by atoms with E-state index < -0.39 is 6.61 Å². The van der Waals surface area contributed by atoms with Crippen LogP contribution in [0.4, 0.5) is 14.5 Å². The molecule has 0 fully saturated rings. The monoisotopic (exact) mass is 274 g/mol. The molecule has 0 saturated heterocycles. The minimum Gasteiger partial charge on any atom is -0.433 e. The maximum absolute atomic E-state index is 12.2. The number of benzene rings is 1. The standard InChI is InChI=1S/C11H12F2N2O2S/c1-2-9(16)15-11(18)14-7-5-3-4-6-8(7)17-10(12)13/h3-6,10H,2H2,1H3,(H2,14,15,16,18). The predicted molar refractivity (Wildman–Crippen MR) is 67.7 cm³/mol. The Hall–Kier alpha value is -1.76. The van der Waals surface area contributed by atoms with E-state index in [1.54, 1.807) is 19.1 Å². The number of alkyl halides is 2. The summed E-state index contributed by atoms with van der Waals surface area (Å²) in [6.07, 6.45) is 0.275. The molecule has 0 saturated carbocycles. The molecule has 1 amide bonds. The van der Waals surface area contributed by atoms with Crippen molar-refractivity contribution in [3.63, 3.8) is 0 Å². The Labute approximate surface area is 108 Å². The van der Waals surface area contributed by atoms with Crippen molar-refractivity contribution in [2.24, 2.45) is 0 Å². The van der Waals surface area contributed by atoms with Gasteiger partial charge in [0.05, 0.1) is 5.69 Å². The van der Waals surface area contributed by atoms with Gasteiger partial charge in [0, 0.05) is 6.42 Å². The fourth-order valence-corrected chi connectivity index (χ4v) is 1.36. The Kier molecular flexibility index (Phi) is 5.44. The summed E-state index contributed by atoms with van der Waals surface area (Å²) in [5.41, 5.74) is 0.263. The van der Waals surface area contributed by atoms with Crippen LogP contribution in [0.1, 0.15) is 13.3 Å². The summed E-state index contributed by atoms with van der Waals surface area (Å²) in [6.45, 7) is -1.25. The predicted octanol–water partition coefficient (Wildman–Crippen LogP) is 2.51. The van der Waals surface area contributed by atoms with Gasteiger partial charge >= 0.3 is 6.61 Å². The molecule has 1 aromatic carbocycles. The number of halogens is 2. The van der Waals surface area contributed by atoms with Crippen LogP contribution in [0.5, 0.6) is 5.75 Å². The molecular weight excluding hydrogens is 262 g/mol. The number of amides is 1. The molecule has 2 N–H and O–H groups in total. The van der Waals surface area contributed by atoms with Gasteiger partial charge in [-0.1, -0.05) is 19.1 Å². The number of thiocarbonyl (C=S) groups is 1. The van der Waals surface area contributed by atoms with Crippen LogP contribution in [0, 0.1) is 0 Å². The highest BCUT2D eigenvalue weighted by Gasteiger charge is 2.10. The first-order valence-electron chi connectivity index (χ1n) is 5.17. The Balaban J connectivity index is 2.71. The minimum absolute atomic E-state index is 0.0344. The molecule has 98 valence electrons. The lowest BCUT2D eigenvalue weighted by Gasteiger charge is -2.13. The van der Waals surface area contributed by atoms with E-state index in [-0.39, 0.29) is 28.9 Å². The third-order valence-electron chi connectivity index (χ3n) is 1.93. The van der Waals surface area contributed by atoms with Crippen molar-refractivity contribution < 1.29 is 18.3 Å². The van der Waals surface area contributed by atoms with E-state index in [1.165, 1.54) is 12.1 Å². The van der Waals surface area contributed by atoms with Crippen LogP contribution in [0.2, 0.25) is 0 Å². The first-order valence-corrected chi connectivity index (χ1v) is 5.58. The molecule has 0 spiro atoms. The normalized spacial score (nSPS) is 10.0. The first kappa shape index (κ1) is 14.3. The number of hydrogen-bond donors (Lipinski definition) is 2. The van der Waals surface area contributed by atoms with Crippen molar-refractivity contribution in [2.45, 2.75) is 20.0 Å². The van der Waals surface area contributed by atoms with Crippen LogP contribution in [-0.2, 0) is 4.79 Å². The van der Waals surface area contributed by atoms with E-state index >= 15 is 0 Å². The van der Waals surface area contributed by atoms with Gasteiger partial charge in [0.1, 0.15) is 5.75 Å². The molecule has 0 atom stereocenters. The Morgan fingerprint density at radius 3 is 2.72 bits per heavy atom. The van der Waals surface area contributed by atoms with Crippen molar-refractivity contribution in [3.05, 3.63) is 24.3 Å². The molecule has 0 unspecified atom stereocenters. The lowest BCUT2D eigenvalue weighted by Crippen LogP contribution is -2.33. The number of rotatable bonds is 4. The van der Waals surface area contributed by atoms with E-state index in [9.17, 15) is 13.6 Å². The minimum atomic E-state index is -2.92. The molecule has 4 nitrogen and oxygen atoms in total. The molecule has 18 heavy (non-hydrogen) atoms. The maximum atomic E-state index is 12.2. The number of ether oxygens (including phenoxy) is 1. The zero-order chi connectivity index (χ0) is 13.5. The van der Waals surface area contributed by atoms with E-state index in [1.807, 2.05) is 0 Å². The summed E-state index contributed by atoms with van der Waals surface area (Å²) in [5, 5.41) is 5.05. The lowest BCUT2D eigenvalue weighted by atomic mass is 10.3. The van der Waals surface area contributed by atoms with Crippen molar-refractivity contribution in [1.82, 2.24) is 5.32 Å². The molecule has 1 aromatic rings. The molecule has 0 aliphatic rings. The summed E-state index contributed by atoms with van der Waals surface area (Å²) in [7, 11) is 0. The highest BCUT2D eigenvalue weighted by atomic mass is 32.1. The second-order valence-corrected chi connectivity index (χ2v) is 3.64. The molecule has 7 heteroatoms. The second kappa shape index (κ2) is 6.85. The van der Waals surface area contributed by atoms with Crippen molar-refractivity contribution in [2.75, 3.05) is 5.32 Å². The molecule has 0 aliphatic heterocycles. The van der Waals surface area contributed by atoms with Crippen LogP contribution >= 0.6 is 12.2 Å². The maximum Gasteiger partial charge on any atom is 0.387 e. The van der Waals surface area contributed by atoms with Gasteiger partial charge in [-0.2, -0.15) is 8.78 Å². The van der Waals surface area contributed by atoms with Gasteiger partial charge in [-0.15, -0.1) is 0 Å². The van der Waals surface area contributed by atoms with Crippen molar-refractivity contribution >= 4 is 28.9 Å². The SMILES string of the molecule is CCC(=O)NC(=S)Nc1ccccc1OC(F)F. The third kappa shape index (κ3) is 4.62. The zero-order valence-corrected chi connectivity index (χ0v) is 10.4. The van der Waals surface area contributed by atoms with Gasteiger partial charge in [-0.25, -0.2) is 0 Å². The van der Waals surface area contributed by atoms with Crippen molar-refractivity contribution in [3.8, 4) is 5.75 Å². The molecule has 0 radical (unpaired) electrons. The zero-order valence-electron chi connectivity index (χ0n) is 9.57. The topological polar surface area (TPSA) is 50.4 Å². The summed E-state index contributed by atoms with van der Waals surface area (Å²) in [6, 6.07) is 6.07. The van der Waals surface area contributed by atoms with Gasteiger partial charge in [-0.3, -0.25) is 4.79 Å². The van der Waals surface area contributed by atoms with E-state index in [0.717, 1.165) is 0 Å². The fraction of sp³-hybridized carbons (Fsp3) is 0.273. The second-order valence-electron chi connectivity index (χ2n) is 3.23. The average molecular weight is 274 g/mol. The van der Waals surface area contributed by atoms with Gasteiger partial charge in [-0.05, 0) is 24.4 Å². The van der Waals surface area contributed by atoms with Crippen LogP contribution < -0.4 is 15.4 Å². The smallest absolute Gasteiger partial charge is 0.387 e. The van der Waals surface area contributed by atoms with Gasteiger partial charge < -0.3 is 15.4 Å². The van der Waals surface area contributed by atoms with Crippen LogP contribution in [0.25, 0.3) is 0 Å². The quantitative estimate of drug-likeness (QED) is 0.828. The number of para-hydroxylation sites is 2. The Morgan fingerprint density at radius 2 is 2.11 bits per heavy atom. The highest BCUT2D eigenvalue weighted by Crippen LogP contribution is 2.25. The fourth-order valence-electron chi connectivity index (χ4n) is 1.14. The van der Waals surface area contributed by atoms with Crippen molar-refractivity contribution in [1.29, 1.82) is 0 Å². The molecular formula is C11H12F2N2O2S. The first-order chi connectivity index (χ1) is 8.52. The summed E-state index contributed by atoms with van der Waals surface area (Å²) in [4.78, 5) is 11.1. The van der Waals surface area contributed by atoms with Gasteiger partial charge in [0.2, 0.25) is 5.91 Å². The number of anilines is 1. The number of carbonyl (C=O) groups excluding carboxylic acids is 1. The summed E-state index contributed by atoms with van der Waals surface area (Å²) in [5.74, 6) is -0.305. The lowest BCUT2D eigenvalue weighted by molar-refractivity contribution is -0.119. The van der Waals surface area contributed by atoms with E-state index in [4.69, 9.17) is 12.2 Å². The van der Waals surface area contributed by atoms with Crippen LogP contribution in [0.3, 0.4) is 0 Å². The Bertz CT molecular complexity index is 441. The molecule has 1 rings (SSSR count).